The Balaban J connectivity index is 1.70. The second-order valence-electron chi connectivity index (χ2n) is 5.70. The van der Waals surface area contributed by atoms with Crippen molar-refractivity contribution in [1.82, 2.24) is 4.90 Å². The van der Waals surface area contributed by atoms with Crippen molar-refractivity contribution in [3.05, 3.63) is 29.8 Å². The van der Waals surface area contributed by atoms with Crippen molar-refractivity contribution in [3.8, 4) is 5.75 Å². The average molecular weight is 260 g/mol. The van der Waals surface area contributed by atoms with Crippen molar-refractivity contribution >= 4 is 5.91 Å². The van der Waals surface area contributed by atoms with Gasteiger partial charge in [-0.15, -0.1) is 0 Å². The van der Waals surface area contributed by atoms with Gasteiger partial charge in [-0.25, -0.2) is 0 Å². The van der Waals surface area contributed by atoms with Crippen LogP contribution in [0.15, 0.2) is 24.3 Å². The van der Waals surface area contributed by atoms with Gasteiger partial charge in [0.25, 0.3) is 0 Å². The molecule has 1 saturated heterocycles. The van der Waals surface area contributed by atoms with Gasteiger partial charge in [-0.3, -0.25) is 4.79 Å². The largest absolute Gasteiger partial charge is 0.492 e. The van der Waals surface area contributed by atoms with E-state index in [-0.39, 0.29) is 17.9 Å². The normalized spacial score (nSPS) is 29.8. The maximum Gasteiger partial charge on any atom is 0.229 e. The highest BCUT2D eigenvalue weighted by atomic mass is 16.5. The summed E-state index contributed by atoms with van der Waals surface area (Å²) in [6.45, 7) is 4.04. The molecule has 4 heteroatoms. The maximum atomic E-state index is 12.5. The topological polar surface area (TPSA) is 55.6 Å². The molecule has 4 nitrogen and oxygen atoms in total. The number of likely N-dealkylation sites (tertiary alicyclic amines) is 1. The van der Waals surface area contributed by atoms with Crippen molar-refractivity contribution < 1.29 is 9.53 Å². The first kappa shape index (κ1) is 12.5. The van der Waals surface area contributed by atoms with Crippen LogP contribution in [0.25, 0.3) is 0 Å². The van der Waals surface area contributed by atoms with Crippen LogP contribution in [0.5, 0.6) is 5.75 Å². The first-order valence-corrected chi connectivity index (χ1v) is 6.90. The summed E-state index contributed by atoms with van der Waals surface area (Å²) in [4.78, 5) is 14.4. The average Bonchev–Trinajstić information content (AvgIpc) is 2.77. The Labute approximate surface area is 113 Å². The summed E-state index contributed by atoms with van der Waals surface area (Å²) in [5, 5.41) is 0. The lowest BCUT2D eigenvalue weighted by Crippen LogP contribution is -2.40. The quantitative estimate of drug-likeness (QED) is 0.821. The summed E-state index contributed by atoms with van der Waals surface area (Å²) < 4.78 is 5.69. The summed E-state index contributed by atoms with van der Waals surface area (Å²) in [6.07, 6.45) is 0.773. The molecule has 2 heterocycles. The van der Waals surface area contributed by atoms with Crippen molar-refractivity contribution in [3.63, 3.8) is 0 Å². The van der Waals surface area contributed by atoms with E-state index in [1.165, 1.54) is 0 Å². The zero-order valence-corrected chi connectivity index (χ0v) is 11.2. The second-order valence-corrected chi connectivity index (χ2v) is 5.70. The number of rotatable bonds is 1. The summed E-state index contributed by atoms with van der Waals surface area (Å²) in [7, 11) is 0. The molecule has 1 aromatic carbocycles. The van der Waals surface area contributed by atoms with E-state index in [4.69, 9.17) is 10.5 Å². The van der Waals surface area contributed by atoms with E-state index < -0.39 is 0 Å². The van der Waals surface area contributed by atoms with Crippen molar-refractivity contribution in [1.29, 1.82) is 0 Å². The molecule has 102 valence electrons. The number of benzene rings is 1. The van der Waals surface area contributed by atoms with E-state index in [1.807, 2.05) is 29.2 Å². The number of amides is 1. The number of para-hydroxylation sites is 1. The Bertz CT molecular complexity index is 479. The Morgan fingerprint density at radius 2 is 2.16 bits per heavy atom. The second kappa shape index (κ2) is 4.85. The molecule has 2 aliphatic heterocycles. The third kappa shape index (κ3) is 2.32. The lowest BCUT2D eigenvalue weighted by molar-refractivity contribution is -0.136. The zero-order chi connectivity index (χ0) is 13.4. The van der Waals surface area contributed by atoms with E-state index in [9.17, 15) is 4.79 Å². The molecule has 2 aliphatic rings. The Hall–Kier alpha value is -1.55. The number of ether oxygens (including phenoxy) is 1. The van der Waals surface area contributed by atoms with Crippen molar-refractivity contribution in [2.75, 3.05) is 19.7 Å². The minimum Gasteiger partial charge on any atom is -0.492 e. The molecule has 0 bridgehead atoms. The molecule has 1 aromatic rings. The molecule has 0 spiro atoms. The highest BCUT2D eigenvalue weighted by Gasteiger charge is 2.35. The number of carbonyl (C=O) groups is 1. The fourth-order valence-electron chi connectivity index (χ4n) is 2.92. The van der Waals surface area contributed by atoms with Crippen LogP contribution in [0, 0.1) is 11.8 Å². The predicted octanol–water partition coefficient (Wildman–Crippen LogP) is 1.04. The summed E-state index contributed by atoms with van der Waals surface area (Å²) in [6, 6.07) is 8.06. The number of carbonyl (C=O) groups excluding carboxylic acids is 1. The van der Waals surface area contributed by atoms with E-state index in [0.717, 1.165) is 24.3 Å². The third-order valence-electron chi connectivity index (χ3n) is 4.21. The lowest BCUT2D eigenvalue weighted by atomic mass is 9.95. The molecular formula is C15H20N2O2. The van der Waals surface area contributed by atoms with Crippen LogP contribution in [0.4, 0.5) is 0 Å². The van der Waals surface area contributed by atoms with Gasteiger partial charge in [0.2, 0.25) is 5.91 Å². The lowest BCUT2D eigenvalue weighted by Gasteiger charge is -2.28. The molecule has 0 saturated carbocycles. The predicted molar refractivity (Wildman–Crippen MR) is 72.9 cm³/mol. The molecule has 1 fully saturated rings. The molecule has 2 N–H and O–H groups in total. The zero-order valence-electron chi connectivity index (χ0n) is 11.2. The molecule has 3 unspecified atom stereocenters. The standard InChI is InChI=1S/C15H20N2O2/c1-10-7-17(8-13(10)16)15(18)12-6-11-4-2-3-5-14(11)19-9-12/h2-5,10,12-13H,6-9,16H2,1H3. The van der Waals surface area contributed by atoms with Crippen LogP contribution in [-0.4, -0.2) is 36.5 Å². The van der Waals surface area contributed by atoms with Crippen LogP contribution in [0.2, 0.25) is 0 Å². The smallest absolute Gasteiger partial charge is 0.229 e. The van der Waals surface area contributed by atoms with Crippen molar-refractivity contribution in [2.45, 2.75) is 19.4 Å². The third-order valence-corrected chi connectivity index (χ3v) is 4.21. The van der Waals surface area contributed by atoms with Gasteiger partial charge in [-0.05, 0) is 24.0 Å². The molecule has 3 rings (SSSR count). The molecule has 0 radical (unpaired) electrons. The molecule has 0 aromatic heterocycles. The molecule has 1 amide bonds. The first-order valence-electron chi connectivity index (χ1n) is 6.90. The highest BCUT2D eigenvalue weighted by Crippen LogP contribution is 2.28. The number of hydrogen-bond acceptors (Lipinski definition) is 3. The molecular weight excluding hydrogens is 240 g/mol. The minimum absolute atomic E-state index is 0.0626. The van der Waals surface area contributed by atoms with Crippen LogP contribution in [0.1, 0.15) is 12.5 Å². The van der Waals surface area contributed by atoms with Gasteiger partial charge in [-0.1, -0.05) is 25.1 Å². The van der Waals surface area contributed by atoms with Gasteiger partial charge >= 0.3 is 0 Å². The van der Waals surface area contributed by atoms with E-state index in [2.05, 4.69) is 6.92 Å². The van der Waals surface area contributed by atoms with E-state index in [0.29, 0.717) is 19.1 Å². The monoisotopic (exact) mass is 260 g/mol. The van der Waals surface area contributed by atoms with E-state index in [1.54, 1.807) is 0 Å². The van der Waals surface area contributed by atoms with Crippen LogP contribution >= 0.6 is 0 Å². The van der Waals surface area contributed by atoms with Crippen LogP contribution in [0.3, 0.4) is 0 Å². The van der Waals surface area contributed by atoms with Gasteiger partial charge < -0.3 is 15.4 Å². The minimum atomic E-state index is -0.0626. The SMILES string of the molecule is CC1CN(C(=O)C2COc3ccccc3C2)CC1N. The number of nitrogens with zero attached hydrogens (tertiary/aromatic N) is 1. The van der Waals surface area contributed by atoms with Crippen molar-refractivity contribution in [2.24, 2.45) is 17.6 Å². The molecule has 3 atom stereocenters. The summed E-state index contributed by atoms with van der Waals surface area (Å²) >= 11 is 0. The molecule has 19 heavy (non-hydrogen) atoms. The van der Waals surface area contributed by atoms with Gasteiger partial charge in [0.1, 0.15) is 12.4 Å². The number of hydrogen-bond donors (Lipinski definition) is 1. The maximum absolute atomic E-state index is 12.5. The van der Waals surface area contributed by atoms with Gasteiger partial charge in [0.05, 0.1) is 5.92 Å². The number of nitrogens with two attached hydrogens (primary N) is 1. The molecule has 0 aliphatic carbocycles. The van der Waals surface area contributed by atoms with Crippen LogP contribution in [-0.2, 0) is 11.2 Å². The fourth-order valence-corrected chi connectivity index (χ4v) is 2.92. The fraction of sp³-hybridized carbons (Fsp3) is 0.533. The van der Waals surface area contributed by atoms with Gasteiger partial charge in [0, 0.05) is 19.1 Å². The van der Waals surface area contributed by atoms with E-state index >= 15 is 0 Å². The summed E-state index contributed by atoms with van der Waals surface area (Å²) in [5.41, 5.74) is 7.12. The first-order chi connectivity index (χ1) is 9.15. The number of fused-ring (bicyclic) bond motifs is 1. The Kier molecular flexibility index (Phi) is 3.19. The highest BCUT2D eigenvalue weighted by molar-refractivity contribution is 5.80. The van der Waals surface area contributed by atoms with Gasteiger partial charge in [0.15, 0.2) is 0 Å². The Morgan fingerprint density at radius 3 is 2.89 bits per heavy atom. The Morgan fingerprint density at radius 1 is 1.37 bits per heavy atom. The van der Waals surface area contributed by atoms with Gasteiger partial charge in [-0.2, -0.15) is 0 Å². The summed E-state index contributed by atoms with van der Waals surface area (Å²) in [5.74, 6) is 1.43. The van der Waals surface area contributed by atoms with Crippen LogP contribution < -0.4 is 10.5 Å².